The minimum Gasteiger partial charge on any atom is -0.366 e. The number of H-pyrrole nitrogens is 1. The molecule has 0 bridgehead atoms. The lowest BCUT2D eigenvalue weighted by Gasteiger charge is -2.25. The van der Waals surface area contributed by atoms with E-state index in [1.54, 1.807) is 4.52 Å². The van der Waals surface area contributed by atoms with Crippen LogP contribution in [0.5, 0.6) is 0 Å². The Morgan fingerprint density at radius 1 is 1.37 bits per heavy atom. The van der Waals surface area contributed by atoms with E-state index < -0.39 is 11.7 Å². The van der Waals surface area contributed by atoms with Crippen LogP contribution in [0.25, 0.3) is 16.7 Å². The number of aromatic amines is 1. The molecule has 3 heterocycles. The Morgan fingerprint density at radius 3 is 2.85 bits per heavy atom. The van der Waals surface area contributed by atoms with Gasteiger partial charge in [0.2, 0.25) is 0 Å². The van der Waals surface area contributed by atoms with Gasteiger partial charge in [-0.1, -0.05) is 6.92 Å². The molecule has 0 radical (unpaired) electrons. The van der Waals surface area contributed by atoms with Gasteiger partial charge in [0.1, 0.15) is 17.0 Å². The maximum absolute atomic E-state index is 13.9. The predicted octanol–water partition coefficient (Wildman–Crippen LogP) is 1.51. The Labute approximate surface area is 155 Å². The number of aromatic nitrogens is 3. The summed E-state index contributed by atoms with van der Waals surface area (Å²) in [6, 6.07) is 2.53. The number of amides is 1. The molecule has 5 rings (SSSR count). The summed E-state index contributed by atoms with van der Waals surface area (Å²) in [5.41, 5.74) is 14.7. The number of primary amides is 1. The fourth-order valence-corrected chi connectivity index (χ4v) is 4.49. The van der Waals surface area contributed by atoms with Gasteiger partial charge in [0.25, 0.3) is 5.91 Å². The average Bonchev–Trinajstić information content (AvgIpc) is 2.94. The number of likely N-dealkylation sites (tertiary alicyclic amines) is 1. The molecule has 1 aromatic carbocycles. The summed E-state index contributed by atoms with van der Waals surface area (Å²) in [7, 11) is 0. The molecule has 1 unspecified atom stereocenters. The van der Waals surface area contributed by atoms with Crippen molar-refractivity contribution < 1.29 is 9.18 Å². The van der Waals surface area contributed by atoms with Gasteiger partial charge >= 0.3 is 0 Å². The molecule has 1 amide bonds. The maximum Gasteiger partial charge on any atom is 0.251 e. The Balaban J connectivity index is 1.58. The van der Waals surface area contributed by atoms with Gasteiger partial charge < -0.3 is 21.4 Å². The lowest BCUT2D eigenvalue weighted by atomic mass is 9.83. The van der Waals surface area contributed by atoms with Crippen LogP contribution in [-0.4, -0.2) is 50.6 Å². The lowest BCUT2D eigenvalue weighted by molar-refractivity contribution is 0.100. The average molecular weight is 370 g/mol. The van der Waals surface area contributed by atoms with E-state index in [4.69, 9.17) is 11.5 Å². The first-order valence-corrected chi connectivity index (χ1v) is 9.29. The fraction of sp³-hybridized carbons (Fsp3) is 0.474. The van der Waals surface area contributed by atoms with Gasteiger partial charge in [0, 0.05) is 29.6 Å². The number of hydrogen-bond acceptors (Lipinski definition) is 4. The second-order valence-corrected chi connectivity index (χ2v) is 8.54. The van der Waals surface area contributed by atoms with Crippen LogP contribution in [-0.2, 0) is 5.41 Å². The summed E-state index contributed by atoms with van der Waals surface area (Å²) in [5.74, 6) is -1.17. The van der Waals surface area contributed by atoms with Crippen molar-refractivity contribution in [2.45, 2.75) is 37.1 Å². The van der Waals surface area contributed by atoms with E-state index in [1.165, 1.54) is 6.07 Å². The van der Waals surface area contributed by atoms with Crippen LogP contribution in [0.2, 0.25) is 0 Å². The SMILES string of the molecule is CC1(c2cnn3c2[nH]c2cc(F)cc(C(N)=O)c23)CCN(CC2(N)CC2)C1. The molecule has 1 saturated carbocycles. The minimum atomic E-state index is -0.673. The lowest BCUT2D eigenvalue weighted by Crippen LogP contribution is -2.39. The van der Waals surface area contributed by atoms with Crippen LogP contribution in [0.4, 0.5) is 4.39 Å². The van der Waals surface area contributed by atoms with Gasteiger partial charge in [0.15, 0.2) is 0 Å². The second kappa shape index (κ2) is 5.30. The molecule has 1 saturated heterocycles. The number of hydrogen-bond donors (Lipinski definition) is 3. The highest BCUT2D eigenvalue weighted by Gasteiger charge is 2.44. The van der Waals surface area contributed by atoms with E-state index in [-0.39, 0.29) is 16.5 Å². The first-order chi connectivity index (χ1) is 12.8. The molecule has 7 nitrogen and oxygen atoms in total. The van der Waals surface area contributed by atoms with Crippen molar-refractivity contribution in [1.29, 1.82) is 0 Å². The summed E-state index contributed by atoms with van der Waals surface area (Å²) in [6.45, 7) is 5.05. The van der Waals surface area contributed by atoms with Crippen molar-refractivity contribution in [2.24, 2.45) is 11.5 Å². The van der Waals surface area contributed by atoms with Crippen LogP contribution in [0.3, 0.4) is 0 Å². The van der Waals surface area contributed by atoms with Crippen molar-refractivity contribution >= 4 is 22.6 Å². The minimum absolute atomic E-state index is 0.00534. The number of rotatable bonds is 4. The molecule has 2 fully saturated rings. The summed E-state index contributed by atoms with van der Waals surface area (Å²) in [5, 5.41) is 4.49. The van der Waals surface area contributed by atoms with E-state index >= 15 is 0 Å². The number of nitrogens with two attached hydrogens (primary N) is 2. The Hall–Kier alpha value is -2.45. The van der Waals surface area contributed by atoms with E-state index in [0.717, 1.165) is 56.2 Å². The number of carbonyl (C=O) groups is 1. The zero-order chi connectivity index (χ0) is 19.0. The van der Waals surface area contributed by atoms with Crippen LogP contribution >= 0.6 is 0 Å². The van der Waals surface area contributed by atoms with Crippen molar-refractivity contribution in [3.05, 3.63) is 35.3 Å². The van der Waals surface area contributed by atoms with Crippen molar-refractivity contribution in [3.63, 3.8) is 0 Å². The molecular weight excluding hydrogens is 347 g/mol. The van der Waals surface area contributed by atoms with Gasteiger partial charge in [-0.15, -0.1) is 0 Å². The summed E-state index contributed by atoms with van der Waals surface area (Å²) >= 11 is 0. The number of benzene rings is 1. The molecule has 5 N–H and O–H groups in total. The highest BCUT2D eigenvalue weighted by Crippen LogP contribution is 2.40. The molecule has 1 aliphatic carbocycles. The first kappa shape index (κ1) is 16.7. The maximum atomic E-state index is 13.9. The third-order valence-electron chi connectivity index (χ3n) is 6.21. The molecule has 0 spiro atoms. The molecule has 3 aromatic rings. The predicted molar refractivity (Wildman–Crippen MR) is 100 cm³/mol. The van der Waals surface area contributed by atoms with E-state index in [1.807, 2.05) is 6.20 Å². The van der Waals surface area contributed by atoms with Crippen molar-refractivity contribution in [3.8, 4) is 0 Å². The fourth-order valence-electron chi connectivity index (χ4n) is 4.49. The zero-order valence-electron chi connectivity index (χ0n) is 15.3. The van der Waals surface area contributed by atoms with Gasteiger partial charge in [-0.2, -0.15) is 5.10 Å². The molecule has 142 valence electrons. The molecule has 2 aromatic heterocycles. The van der Waals surface area contributed by atoms with E-state index in [9.17, 15) is 9.18 Å². The van der Waals surface area contributed by atoms with Crippen LogP contribution in [0, 0.1) is 5.82 Å². The molecule has 27 heavy (non-hydrogen) atoms. The molecular formula is C19H23FN6O. The number of nitrogens with zero attached hydrogens (tertiary/aromatic N) is 3. The second-order valence-electron chi connectivity index (χ2n) is 8.54. The topological polar surface area (TPSA) is 105 Å². The normalized spacial score (nSPS) is 24.9. The smallest absolute Gasteiger partial charge is 0.251 e. The van der Waals surface area contributed by atoms with Gasteiger partial charge in [0.05, 0.1) is 17.3 Å². The van der Waals surface area contributed by atoms with Crippen LogP contribution < -0.4 is 11.5 Å². The highest BCUT2D eigenvalue weighted by atomic mass is 19.1. The Bertz CT molecular complexity index is 1080. The molecule has 8 heteroatoms. The standard InChI is InChI=1S/C19H23FN6O/c1-18(4-5-25(9-18)10-19(22)2-3-19)13-8-23-26-15-12(16(21)27)6-11(20)7-14(15)24-17(13)26/h6-8,24H,2-5,9-10,22H2,1H3,(H2,21,27). The van der Waals surface area contributed by atoms with Gasteiger partial charge in [-0.25, -0.2) is 8.91 Å². The summed E-state index contributed by atoms with van der Waals surface area (Å²) in [6.07, 6.45) is 5.04. The number of carbonyl (C=O) groups excluding carboxylic acids is 1. The monoisotopic (exact) mass is 370 g/mol. The van der Waals surface area contributed by atoms with Gasteiger partial charge in [-0.05, 0) is 37.9 Å². The number of nitrogens with one attached hydrogen (secondary N) is 1. The Kier molecular flexibility index (Phi) is 3.28. The number of fused-ring (bicyclic) bond motifs is 3. The third-order valence-corrected chi connectivity index (χ3v) is 6.21. The van der Waals surface area contributed by atoms with Crippen LogP contribution in [0.15, 0.2) is 18.3 Å². The summed E-state index contributed by atoms with van der Waals surface area (Å²) < 4.78 is 15.6. The van der Waals surface area contributed by atoms with Crippen LogP contribution in [0.1, 0.15) is 42.1 Å². The Morgan fingerprint density at radius 2 is 2.15 bits per heavy atom. The van der Waals surface area contributed by atoms with E-state index in [0.29, 0.717) is 11.0 Å². The zero-order valence-corrected chi connectivity index (χ0v) is 15.3. The quantitative estimate of drug-likeness (QED) is 0.647. The highest BCUT2D eigenvalue weighted by molar-refractivity contribution is 6.05. The number of halogens is 1. The third kappa shape index (κ3) is 2.55. The molecule has 1 atom stereocenters. The van der Waals surface area contributed by atoms with Crippen molar-refractivity contribution in [1.82, 2.24) is 19.5 Å². The first-order valence-electron chi connectivity index (χ1n) is 9.29. The van der Waals surface area contributed by atoms with Crippen molar-refractivity contribution in [2.75, 3.05) is 19.6 Å². The molecule has 1 aliphatic heterocycles. The van der Waals surface area contributed by atoms with E-state index in [2.05, 4.69) is 21.9 Å². The number of imidazole rings is 1. The summed E-state index contributed by atoms with van der Waals surface area (Å²) in [4.78, 5) is 17.5. The largest absolute Gasteiger partial charge is 0.366 e. The van der Waals surface area contributed by atoms with Gasteiger partial charge in [-0.3, -0.25) is 4.79 Å². The molecule has 2 aliphatic rings.